The second kappa shape index (κ2) is 5.54. The molecule has 3 fully saturated rings. The zero-order chi connectivity index (χ0) is 15.3. The number of aromatic hydroxyl groups is 1. The summed E-state index contributed by atoms with van der Waals surface area (Å²) in [6.07, 6.45) is 6.52. The van der Waals surface area contributed by atoms with Crippen LogP contribution in [0, 0.1) is 23.7 Å². The molecule has 3 N–H and O–H groups in total. The van der Waals surface area contributed by atoms with E-state index in [4.69, 9.17) is 0 Å². The number of phenols is 1. The van der Waals surface area contributed by atoms with Crippen LogP contribution in [0.5, 0.6) is 5.75 Å². The van der Waals surface area contributed by atoms with Gasteiger partial charge in [-0.3, -0.25) is 0 Å². The van der Waals surface area contributed by atoms with E-state index in [1.54, 1.807) is 12.1 Å². The van der Waals surface area contributed by atoms with Gasteiger partial charge in [-0.15, -0.1) is 0 Å². The van der Waals surface area contributed by atoms with E-state index in [0.29, 0.717) is 6.04 Å². The van der Waals surface area contributed by atoms with Gasteiger partial charge in [-0.1, -0.05) is 18.6 Å². The smallest absolute Gasteiger partial charge is 0.115 e. The molecule has 0 spiro atoms. The molecule has 2 bridgehead atoms. The average Bonchev–Trinajstić information content (AvgIpc) is 3.19. The summed E-state index contributed by atoms with van der Waals surface area (Å²) in [5, 5.41) is 23.6. The Bertz CT molecular complexity index is 529. The summed E-state index contributed by atoms with van der Waals surface area (Å²) in [6, 6.07) is 7.55. The van der Waals surface area contributed by atoms with Crippen LogP contribution in [0.4, 0.5) is 0 Å². The lowest BCUT2D eigenvalue weighted by atomic mass is 9.79. The van der Waals surface area contributed by atoms with E-state index in [1.807, 2.05) is 12.1 Å². The summed E-state index contributed by atoms with van der Waals surface area (Å²) < 4.78 is 0. The molecule has 120 valence electrons. The zero-order valence-electron chi connectivity index (χ0n) is 13.3. The number of hydrogen-bond donors (Lipinski definition) is 3. The van der Waals surface area contributed by atoms with Gasteiger partial charge >= 0.3 is 0 Å². The van der Waals surface area contributed by atoms with Crippen LogP contribution in [0.25, 0.3) is 0 Å². The Morgan fingerprint density at radius 2 is 1.77 bits per heavy atom. The fourth-order valence-corrected chi connectivity index (χ4v) is 5.65. The predicted octanol–water partition coefficient (Wildman–Crippen LogP) is 3.23. The van der Waals surface area contributed by atoms with Gasteiger partial charge in [0.15, 0.2) is 0 Å². The second-order valence-corrected chi connectivity index (χ2v) is 7.75. The first-order valence-corrected chi connectivity index (χ1v) is 8.86. The third-order valence-corrected chi connectivity index (χ3v) is 6.61. The van der Waals surface area contributed by atoms with Crippen molar-refractivity contribution in [3.05, 3.63) is 29.8 Å². The van der Waals surface area contributed by atoms with Crippen molar-refractivity contribution in [1.82, 2.24) is 5.32 Å². The van der Waals surface area contributed by atoms with Crippen molar-refractivity contribution < 1.29 is 10.2 Å². The molecule has 4 rings (SSSR count). The molecule has 3 heteroatoms. The highest BCUT2D eigenvalue weighted by atomic mass is 16.3. The Balaban J connectivity index is 1.40. The van der Waals surface area contributed by atoms with Gasteiger partial charge in [-0.05, 0) is 74.0 Å². The number of hydrogen-bond acceptors (Lipinski definition) is 3. The maximum atomic E-state index is 10.6. The molecule has 3 aliphatic rings. The van der Waals surface area contributed by atoms with Gasteiger partial charge in [-0.25, -0.2) is 0 Å². The Morgan fingerprint density at radius 1 is 1.05 bits per heavy atom. The fraction of sp³-hybridized carbons (Fsp3) is 0.684. The lowest BCUT2D eigenvalue weighted by molar-refractivity contribution is 0.111. The lowest BCUT2D eigenvalue weighted by Gasteiger charge is -2.35. The third kappa shape index (κ3) is 2.35. The number of nitrogens with one attached hydrogen (secondary N) is 1. The highest BCUT2D eigenvalue weighted by Gasteiger charge is 2.53. The van der Waals surface area contributed by atoms with Gasteiger partial charge in [0.1, 0.15) is 5.75 Å². The molecule has 0 aliphatic heterocycles. The van der Waals surface area contributed by atoms with Crippen molar-refractivity contribution in [3.8, 4) is 5.75 Å². The van der Waals surface area contributed by atoms with E-state index in [1.165, 1.54) is 32.1 Å². The van der Waals surface area contributed by atoms with Gasteiger partial charge in [0.05, 0.1) is 6.10 Å². The van der Waals surface area contributed by atoms with E-state index >= 15 is 0 Å². The van der Waals surface area contributed by atoms with E-state index in [0.717, 1.165) is 29.2 Å². The summed E-state index contributed by atoms with van der Waals surface area (Å²) in [6.45, 7) is 2.08. The molecule has 0 saturated heterocycles. The summed E-state index contributed by atoms with van der Waals surface area (Å²) >= 11 is 0. The monoisotopic (exact) mass is 301 g/mol. The van der Waals surface area contributed by atoms with Crippen molar-refractivity contribution in [1.29, 1.82) is 0 Å². The first kappa shape index (κ1) is 14.5. The number of phenolic OH excluding ortho intramolecular Hbond substituents is 1. The molecule has 3 saturated carbocycles. The standard InChI is InChI=1S/C19H27NO2/c1-11(19(22)12-5-7-14(21)8-6-12)20-18-10-13-9-17(18)16-4-2-3-15(13)16/h5-8,11,13,15-22H,2-4,9-10H2,1H3/t11-,13+,15-,16+,17-,18+,19-/m0/s1. The van der Waals surface area contributed by atoms with E-state index in [2.05, 4.69) is 12.2 Å². The van der Waals surface area contributed by atoms with Crippen LogP contribution in [0.1, 0.15) is 50.7 Å². The molecule has 0 heterocycles. The molecular weight excluding hydrogens is 274 g/mol. The van der Waals surface area contributed by atoms with Crippen LogP contribution in [0.15, 0.2) is 24.3 Å². The van der Waals surface area contributed by atoms with Crippen LogP contribution in [0.2, 0.25) is 0 Å². The molecule has 0 radical (unpaired) electrons. The number of benzene rings is 1. The number of fused-ring (bicyclic) bond motifs is 5. The molecule has 3 aliphatic carbocycles. The minimum atomic E-state index is -0.515. The van der Waals surface area contributed by atoms with Gasteiger partial charge in [0, 0.05) is 12.1 Å². The van der Waals surface area contributed by atoms with Crippen molar-refractivity contribution in [2.75, 3.05) is 0 Å². The van der Waals surface area contributed by atoms with Crippen molar-refractivity contribution in [2.45, 2.75) is 57.2 Å². The molecule has 1 aromatic carbocycles. The molecular formula is C19H27NO2. The topological polar surface area (TPSA) is 52.5 Å². The Hall–Kier alpha value is -1.06. The van der Waals surface area contributed by atoms with Crippen LogP contribution in [-0.4, -0.2) is 22.3 Å². The maximum absolute atomic E-state index is 10.6. The van der Waals surface area contributed by atoms with Crippen molar-refractivity contribution in [3.63, 3.8) is 0 Å². The molecule has 0 aromatic heterocycles. The van der Waals surface area contributed by atoms with Crippen molar-refractivity contribution in [2.24, 2.45) is 23.7 Å². The van der Waals surface area contributed by atoms with E-state index in [-0.39, 0.29) is 11.8 Å². The molecule has 1 aromatic rings. The Morgan fingerprint density at radius 3 is 2.55 bits per heavy atom. The first-order chi connectivity index (χ1) is 10.6. The molecule has 0 amide bonds. The number of aliphatic hydroxyl groups is 1. The maximum Gasteiger partial charge on any atom is 0.115 e. The van der Waals surface area contributed by atoms with Gasteiger partial charge < -0.3 is 15.5 Å². The van der Waals surface area contributed by atoms with E-state index in [9.17, 15) is 10.2 Å². The quantitative estimate of drug-likeness (QED) is 0.800. The van der Waals surface area contributed by atoms with Gasteiger partial charge in [0.25, 0.3) is 0 Å². The normalized spacial score (nSPS) is 38.9. The predicted molar refractivity (Wildman–Crippen MR) is 86.5 cm³/mol. The van der Waals surface area contributed by atoms with Crippen molar-refractivity contribution >= 4 is 0 Å². The third-order valence-electron chi connectivity index (χ3n) is 6.61. The summed E-state index contributed by atoms with van der Waals surface area (Å²) in [5.41, 5.74) is 0.875. The molecule has 3 nitrogen and oxygen atoms in total. The SMILES string of the molecule is C[C@H](N[C@@H]1C[C@H]2C[C@H]1[C@@H]1CCC[C@@H]21)[C@H](O)c1ccc(O)cc1. The second-order valence-electron chi connectivity index (χ2n) is 7.75. The lowest BCUT2D eigenvalue weighted by Crippen LogP contribution is -2.45. The number of rotatable bonds is 4. The summed E-state index contributed by atoms with van der Waals surface area (Å²) in [4.78, 5) is 0. The zero-order valence-corrected chi connectivity index (χ0v) is 13.3. The highest BCUT2D eigenvalue weighted by molar-refractivity contribution is 5.28. The molecule has 22 heavy (non-hydrogen) atoms. The highest BCUT2D eigenvalue weighted by Crippen LogP contribution is 2.58. The minimum Gasteiger partial charge on any atom is -0.508 e. The summed E-state index contributed by atoms with van der Waals surface area (Å²) in [5.74, 6) is 3.99. The average molecular weight is 301 g/mol. The summed E-state index contributed by atoms with van der Waals surface area (Å²) in [7, 11) is 0. The van der Waals surface area contributed by atoms with Crippen LogP contribution in [0.3, 0.4) is 0 Å². The first-order valence-electron chi connectivity index (χ1n) is 8.86. The minimum absolute atomic E-state index is 0.0498. The largest absolute Gasteiger partial charge is 0.508 e. The van der Waals surface area contributed by atoms with Crippen LogP contribution >= 0.6 is 0 Å². The van der Waals surface area contributed by atoms with Crippen LogP contribution < -0.4 is 5.32 Å². The van der Waals surface area contributed by atoms with Gasteiger partial charge in [-0.2, -0.15) is 0 Å². The molecule has 0 unspecified atom stereocenters. The number of aliphatic hydroxyl groups excluding tert-OH is 1. The van der Waals surface area contributed by atoms with Gasteiger partial charge in [0.2, 0.25) is 0 Å². The molecule has 7 atom stereocenters. The van der Waals surface area contributed by atoms with Crippen LogP contribution in [-0.2, 0) is 0 Å². The Labute approximate surface area is 132 Å². The Kier molecular flexibility index (Phi) is 3.66. The van der Waals surface area contributed by atoms with E-state index < -0.39 is 6.10 Å². The fourth-order valence-electron chi connectivity index (χ4n) is 5.65.